The van der Waals surface area contributed by atoms with Gasteiger partial charge in [-0.25, -0.2) is 9.97 Å². The third-order valence-corrected chi connectivity index (χ3v) is 2.64. The highest BCUT2D eigenvalue weighted by Gasteiger charge is 2.31. The van der Waals surface area contributed by atoms with Crippen LogP contribution in [0.1, 0.15) is 37.9 Å². The van der Waals surface area contributed by atoms with E-state index in [1.807, 2.05) is 0 Å². The fraction of sp³-hybridized carbons (Fsp3) is 0.636. The Kier molecular flexibility index (Phi) is 3.32. The Labute approximate surface area is 103 Å². The zero-order valence-corrected chi connectivity index (χ0v) is 9.96. The molecule has 1 aromatic heterocycles. The lowest BCUT2D eigenvalue weighted by Gasteiger charge is -2.16. The molecule has 1 atom stereocenters. The van der Waals surface area contributed by atoms with Gasteiger partial charge in [-0.05, 0) is 19.8 Å². The number of nitrogen functional groups attached to an aromatic ring is 1. The van der Waals surface area contributed by atoms with Crippen molar-refractivity contribution in [3.05, 3.63) is 11.9 Å². The fourth-order valence-electron chi connectivity index (χ4n) is 1.73. The van der Waals surface area contributed by atoms with Crippen molar-refractivity contribution in [1.29, 1.82) is 0 Å². The predicted octanol–water partition coefficient (Wildman–Crippen LogP) is 2.69. The molecule has 1 aliphatic rings. The van der Waals surface area contributed by atoms with Gasteiger partial charge in [0.1, 0.15) is 17.5 Å². The Morgan fingerprint density at radius 1 is 1.44 bits per heavy atom. The van der Waals surface area contributed by atoms with Crippen LogP contribution in [0.3, 0.4) is 0 Å². The number of nitrogens with one attached hydrogen (secondary N) is 1. The van der Waals surface area contributed by atoms with E-state index in [2.05, 4.69) is 15.3 Å². The van der Waals surface area contributed by atoms with Crippen LogP contribution in [0.4, 0.5) is 24.8 Å². The van der Waals surface area contributed by atoms with Gasteiger partial charge in [-0.1, -0.05) is 0 Å². The molecule has 1 unspecified atom stereocenters. The molecule has 3 N–H and O–H groups in total. The number of halogens is 3. The smallest absolute Gasteiger partial charge is 0.384 e. The second kappa shape index (κ2) is 4.62. The molecule has 7 heteroatoms. The van der Waals surface area contributed by atoms with Crippen molar-refractivity contribution in [3.63, 3.8) is 0 Å². The molecule has 0 aliphatic heterocycles. The topological polar surface area (TPSA) is 63.8 Å². The summed E-state index contributed by atoms with van der Waals surface area (Å²) < 4.78 is 36.6. The molecule has 2 rings (SSSR count). The molecule has 0 bridgehead atoms. The van der Waals surface area contributed by atoms with Crippen LogP contribution >= 0.6 is 0 Å². The van der Waals surface area contributed by atoms with E-state index >= 15 is 0 Å². The van der Waals surface area contributed by atoms with E-state index in [0.29, 0.717) is 17.6 Å². The minimum atomic E-state index is -4.19. The molecule has 0 amide bonds. The van der Waals surface area contributed by atoms with Gasteiger partial charge in [0.05, 0.1) is 6.42 Å². The third kappa shape index (κ3) is 3.75. The first-order chi connectivity index (χ1) is 8.33. The van der Waals surface area contributed by atoms with Crippen LogP contribution < -0.4 is 11.1 Å². The van der Waals surface area contributed by atoms with Crippen molar-refractivity contribution in [2.75, 3.05) is 11.1 Å². The second-order valence-corrected chi connectivity index (χ2v) is 4.68. The van der Waals surface area contributed by atoms with Crippen LogP contribution in [0, 0.1) is 0 Å². The van der Waals surface area contributed by atoms with E-state index in [-0.39, 0.29) is 5.82 Å². The minimum absolute atomic E-state index is 0.286. The summed E-state index contributed by atoms with van der Waals surface area (Å²) in [6.45, 7) is 1.46. The molecule has 0 spiro atoms. The van der Waals surface area contributed by atoms with Crippen molar-refractivity contribution < 1.29 is 13.2 Å². The van der Waals surface area contributed by atoms with Crippen LogP contribution in [0.25, 0.3) is 0 Å². The van der Waals surface area contributed by atoms with E-state index in [4.69, 9.17) is 5.73 Å². The number of alkyl halides is 3. The van der Waals surface area contributed by atoms with Crippen molar-refractivity contribution >= 4 is 11.6 Å². The quantitative estimate of drug-likeness (QED) is 0.873. The molecule has 0 radical (unpaired) electrons. The molecular weight excluding hydrogens is 245 g/mol. The maximum atomic E-state index is 12.2. The van der Waals surface area contributed by atoms with Gasteiger partial charge in [0.25, 0.3) is 0 Å². The lowest BCUT2D eigenvalue weighted by molar-refractivity contribution is -0.136. The Bertz CT molecular complexity index is 429. The highest BCUT2D eigenvalue weighted by atomic mass is 19.4. The normalized spacial score (nSPS) is 17.6. The monoisotopic (exact) mass is 260 g/mol. The minimum Gasteiger partial charge on any atom is -0.384 e. The number of rotatable bonds is 4. The molecule has 4 nitrogen and oxygen atoms in total. The second-order valence-electron chi connectivity index (χ2n) is 4.68. The molecule has 1 heterocycles. The van der Waals surface area contributed by atoms with Gasteiger partial charge in [0, 0.05) is 18.0 Å². The maximum absolute atomic E-state index is 12.2. The van der Waals surface area contributed by atoms with E-state index in [1.54, 1.807) is 0 Å². The Morgan fingerprint density at radius 2 is 2.11 bits per heavy atom. The molecule has 100 valence electrons. The van der Waals surface area contributed by atoms with Crippen LogP contribution in [0.5, 0.6) is 0 Å². The summed E-state index contributed by atoms with van der Waals surface area (Å²) in [5, 5.41) is 2.71. The van der Waals surface area contributed by atoms with Gasteiger partial charge in [-0.3, -0.25) is 0 Å². The fourth-order valence-corrected chi connectivity index (χ4v) is 1.73. The van der Waals surface area contributed by atoms with Crippen LogP contribution in [-0.2, 0) is 0 Å². The molecule has 0 aromatic carbocycles. The zero-order chi connectivity index (χ0) is 13.3. The van der Waals surface area contributed by atoms with Crippen molar-refractivity contribution in [2.45, 2.75) is 44.3 Å². The first-order valence-electron chi connectivity index (χ1n) is 5.81. The van der Waals surface area contributed by atoms with E-state index in [9.17, 15) is 13.2 Å². The van der Waals surface area contributed by atoms with Crippen molar-refractivity contribution in [1.82, 2.24) is 9.97 Å². The number of hydrogen-bond donors (Lipinski definition) is 2. The van der Waals surface area contributed by atoms with Gasteiger partial charge in [0.2, 0.25) is 0 Å². The SMILES string of the molecule is CC(CC(F)(F)F)Nc1cc(N)nc(C2CC2)n1. The largest absolute Gasteiger partial charge is 0.391 e. The lowest BCUT2D eigenvalue weighted by atomic mass is 10.2. The number of nitrogens with two attached hydrogens (primary N) is 1. The Morgan fingerprint density at radius 3 is 2.67 bits per heavy atom. The van der Waals surface area contributed by atoms with Gasteiger partial charge in [-0.15, -0.1) is 0 Å². The molecule has 1 saturated carbocycles. The predicted molar refractivity (Wildman–Crippen MR) is 62.2 cm³/mol. The van der Waals surface area contributed by atoms with Gasteiger partial charge in [-0.2, -0.15) is 13.2 Å². The molecule has 1 aliphatic carbocycles. The molecular formula is C11H15F3N4. The number of nitrogens with zero attached hydrogens (tertiary/aromatic N) is 2. The van der Waals surface area contributed by atoms with E-state index in [0.717, 1.165) is 12.8 Å². The highest BCUT2D eigenvalue weighted by molar-refractivity contribution is 5.45. The van der Waals surface area contributed by atoms with E-state index in [1.165, 1.54) is 13.0 Å². The molecule has 1 aromatic rings. The highest BCUT2D eigenvalue weighted by Crippen LogP contribution is 2.38. The van der Waals surface area contributed by atoms with Gasteiger partial charge >= 0.3 is 6.18 Å². The average Bonchev–Trinajstić information content (AvgIpc) is 2.95. The maximum Gasteiger partial charge on any atom is 0.391 e. The van der Waals surface area contributed by atoms with Crippen LogP contribution in [0.2, 0.25) is 0 Å². The summed E-state index contributed by atoms with van der Waals surface area (Å²) >= 11 is 0. The Balaban J connectivity index is 2.04. The number of aromatic nitrogens is 2. The van der Waals surface area contributed by atoms with Gasteiger partial charge in [0.15, 0.2) is 0 Å². The van der Waals surface area contributed by atoms with Crippen LogP contribution in [0.15, 0.2) is 6.07 Å². The molecule has 18 heavy (non-hydrogen) atoms. The standard InChI is InChI=1S/C11H15F3N4/c1-6(5-11(12,13)14)16-9-4-8(15)17-10(18-9)7-2-3-7/h4,6-7H,2-3,5H2,1H3,(H3,15,16,17,18). The molecule has 0 saturated heterocycles. The third-order valence-electron chi connectivity index (χ3n) is 2.64. The summed E-state index contributed by atoms with van der Waals surface area (Å²) in [6, 6.07) is 0.713. The van der Waals surface area contributed by atoms with Crippen LogP contribution in [-0.4, -0.2) is 22.2 Å². The summed E-state index contributed by atoms with van der Waals surface area (Å²) in [4.78, 5) is 8.28. The number of anilines is 2. The van der Waals surface area contributed by atoms with Crippen molar-refractivity contribution in [3.8, 4) is 0 Å². The lowest BCUT2D eigenvalue weighted by Crippen LogP contribution is -2.24. The average molecular weight is 260 g/mol. The van der Waals surface area contributed by atoms with Crippen molar-refractivity contribution in [2.24, 2.45) is 0 Å². The summed E-state index contributed by atoms with van der Waals surface area (Å²) in [7, 11) is 0. The molecule has 1 fully saturated rings. The van der Waals surface area contributed by atoms with Gasteiger partial charge < -0.3 is 11.1 Å². The first kappa shape index (κ1) is 12.9. The summed E-state index contributed by atoms with van der Waals surface area (Å²) in [6.07, 6.45) is -3.07. The zero-order valence-electron chi connectivity index (χ0n) is 9.96. The number of hydrogen-bond acceptors (Lipinski definition) is 4. The first-order valence-corrected chi connectivity index (χ1v) is 5.81. The van der Waals surface area contributed by atoms with E-state index < -0.39 is 18.6 Å². The summed E-state index contributed by atoms with van der Waals surface area (Å²) in [5.74, 6) is 1.58. The Hall–Kier alpha value is -1.53. The summed E-state index contributed by atoms with van der Waals surface area (Å²) in [5.41, 5.74) is 5.61.